The second-order valence-electron chi connectivity index (χ2n) is 5.72. The standard InChI is InChI=1S/C17H25BrFNO/c1-2-11-20-16(10-3-6-13-7-5-12-21-13)14-8-4-9-15(18)17(14)19/h4,8-9,13,16,20H,2-3,5-7,10-12H2,1H3. The van der Waals surface area contributed by atoms with Gasteiger partial charge in [-0.2, -0.15) is 0 Å². The molecule has 2 nitrogen and oxygen atoms in total. The van der Waals surface area contributed by atoms with Crippen molar-refractivity contribution in [3.63, 3.8) is 0 Å². The Morgan fingerprint density at radius 1 is 1.48 bits per heavy atom. The van der Waals surface area contributed by atoms with Crippen molar-refractivity contribution in [2.24, 2.45) is 0 Å². The number of rotatable bonds is 8. The van der Waals surface area contributed by atoms with Crippen molar-refractivity contribution in [2.45, 2.75) is 57.6 Å². The molecule has 1 fully saturated rings. The Kier molecular flexibility index (Phi) is 7.14. The minimum Gasteiger partial charge on any atom is -0.378 e. The summed E-state index contributed by atoms with van der Waals surface area (Å²) in [6.07, 6.45) is 6.94. The average molecular weight is 358 g/mol. The molecule has 4 heteroatoms. The van der Waals surface area contributed by atoms with Gasteiger partial charge in [0.15, 0.2) is 0 Å². The van der Waals surface area contributed by atoms with Gasteiger partial charge in [0.1, 0.15) is 5.82 Å². The summed E-state index contributed by atoms with van der Waals surface area (Å²) in [7, 11) is 0. The average Bonchev–Trinajstić information content (AvgIpc) is 2.99. The van der Waals surface area contributed by atoms with E-state index >= 15 is 0 Å². The Labute approximate surface area is 135 Å². The summed E-state index contributed by atoms with van der Waals surface area (Å²) in [6, 6.07) is 5.63. The zero-order valence-corrected chi connectivity index (χ0v) is 14.3. The Bertz CT molecular complexity index is 435. The van der Waals surface area contributed by atoms with E-state index in [1.165, 1.54) is 12.8 Å². The zero-order chi connectivity index (χ0) is 15.1. The van der Waals surface area contributed by atoms with Crippen molar-refractivity contribution in [3.05, 3.63) is 34.1 Å². The van der Waals surface area contributed by atoms with Gasteiger partial charge in [-0.05, 0) is 67.1 Å². The van der Waals surface area contributed by atoms with E-state index in [2.05, 4.69) is 28.2 Å². The van der Waals surface area contributed by atoms with Crippen molar-refractivity contribution in [2.75, 3.05) is 13.2 Å². The van der Waals surface area contributed by atoms with Gasteiger partial charge in [-0.25, -0.2) is 4.39 Å². The molecule has 2 rings (SSSR count). The Morgan fingerprint density at radius 2 is 2.33 bits per heavy atom. The van der Waals surface area contributed by atoms with E-state index in [4.69, 9.17) is 4.74 Å². The molecule has 0 aliphatic carbocycles. The lowest BCUT2D eigenvalue weighted by atomic mass is 9.98. The highest BCUT2D eigenvalue weighted by Gasteiger charge is 2.19. The molecule has 0 saturated carbocycles. The molecule has 0 aromatic heterocycles. The minimum absolute atomic E-state index is 0.0869. The second kappa shape index (κ2) is 8.86. The number of hydrogen-bond donors (Lipinski definition) is 1. The Balaban J connectivity index is 1.94. The van der Waals surface area contributed by atoms with E-state index in [1.807, 2.05) is 12.1 Å². The van der Waals surface area contributed by atoms with Gasteiger partial charge in [0.05, 0.1) is 10.6 Å². The van der Waals surface area contributed by atoms with Crippen molar-refractivity contribution < 1.29 is 9.13 Å². The minimum atomic E-state index is -0.136. The van der Waals surface area contributed by atoms with E-state index in [1.54, 1.807) is 6.07 Å². The molecule has 0 bridgehead atoms. The summed E-state index contributed by atoms with van der Waals surface area (Å²) in [4.78, 5) is 0. The third-order valence-electron chi connectivity index (χ3n) is 4.04. The van der Waals surface area contributed by atoms with Crippen LogP contribution in [0.2, 0.25) is 0 Å². The van der Waals surface area contributed by atoms with Crippen LogP contribution in [0.3, 0.4) is 0 Å². The molecule has 1 aliphatic heterocycles. The molecule has 0 amide bonds. The van der Waals surface area contributed by atoms with E-state index in [-0.39, 0.29) is 11.9 Å². The van der Waals surface area contributed by atoms with Crippen molar-refractivity contribution >= 4 is 15.9 Å². The summed E-state index contributed by atoms with van der Waals surface area (Å²) < 4.78 is 20.5. The van der Waals surface area contributed by atoms with E-state index in [0.717, 1.165) is 44.4 Å². The molecule has 1 heterocycles. The number of nitrogens with one attached hydrogen (secondary N) is 1. The highest BCUT2D eigenvalue weighted by molar-refractivity contribution is 9.10. The molecule has 1 aromatic rings. The van der Waals surface area contributed by atoms with Gasteiger partial charge in [-0.1, -0.05) is 19.1 Å². The van der Waals surface area contributed by atoms with Crippen LogP contribution in [0.1, 0.15) is 57.1 Å². The summed E-state index contributed by atoms with van der Waals surface area (Å²) >= 11 is 3.28. The molecular weight excluding hydrogens is 333 g/mol. The van der Waals surface area contributed by atoms with Crippen LogP contribution in [0.5, 0.6) is 0 Å². The van der Waals surface area contributed by atoms with Crippen LogP contribution in [0.4, 0.5) is 4.39 Å². The van der Waals surface area contributed by atoms with Crippen LogP contribution in [0.15, 0.2) is 22.7 Å². The summed E-state index contributed by atoms with van der Waals surface area (Å²) in [6.45, 7) is 3.95. The lowest BCUT2D eigenvalue weighted by Gasteiger charge is -2.21. The van der Waals surface area contributed by atoms with Crippen LogP contribution in [-0.4, -0.2) is 19.3 Å². The SMILES string of the molecule is CCCNC(CCCC1CCCO1)c1cccc(Br)c1F. The molecule has 0 spiro atoms. The molecule has 0 radical (unpaired) electrons. The lowest BCUT2D eigenvalue weighted by Crippen LogP contribution is -2.23. The van der Waals surface area contributed by atoms with Gasteiger partial charge < -0.3 is 10.1 Å². The highest BCUT2D eigenvalue weighted by Crippen LogP contribution is 2.28. The molecule has 1 aromatic carbocycles. The van der Waals surface area contributed by atoms with Crippen LogP contribution >= 0.6 is 15.9 Å². The zero-order valence-electron chi connectivity index (χ0n) is 12.7. The maximum Gasteiger partial charge on any atom is 0.142 e. The topological polar surface area (TPSA) is 21.3 Å². The predicted octanol–water partition coefficient (Wildman–Crippen LogP) is 4.98. The molecule has 21 heavy (non-hydrogen) atoms. The quantitative estimate of drug-likeness (QED) is 0.708. The monoisotopic (exact) mass is 357 g/mol. The number of benzene rings is 1. The smallest absolute Gasteiger partial charge is 0.142 e. The molecule has 1 aliphatic rings. The van der Waals surface area contributed by atoms with Gasteiger partial charge in [0.2, 0.25) is 0 Å². The van der Waals surface area contributed by atoms with E-state index < -0.39 is 0 Å². The Morgan fingerprint density at radius 3 is 3.05 bits per heavy atom. The second-order valence-corrected chi connectivity index (χ2v) is 6.57. The van der Waals surface area contributed by atoms with Crippen molar-refractivity contribution in [1.82, 2.24) is 5.32 Å². The molecule has 118 valence electrons. The van der Waals surface area contributed by atoms with Crippen LogP contribution < -0.4 is 5.32 Å². The summed E-state index contributed by atoms with van der Waals surface area (Å²) in [5.74, 6) is -0.136. The molecule has 1 N–H and O–H groups in total. The van der Waals surface area contributed by atoms with Gasteiger partial charge >= 0.3 is 0 Å². The molecule has 2 unspecified atom stereocenters. The number of ether oxygens (including phenoxy) is 1. The maximum absolute atomic E-state index is 14.3. The van der Waals surface area contributed by atoms with Gasteiger partial charge in [0.25, 0.3) is 0 Å². The Hall–Kier alpha value is -0.450. The van der Waals surface area contributed by atoms with Crippen LogP contribution in [0, 0.1) is 5.82 Å². The van der Waals surface area contributed by atoms with Gasteiger partial charge in [-0.3, -0.25) is 0 Å². The van der Waals surface area contributed by atoms with Crippen LogP contribution in [-0.2, 0) is 4.74 Å². The number of hydrogen-bond acceptors (Lipinski definition) is 2. The molecule has 1 saturated heterocycles. The van der Waals surface area contributed by atoms with E-state index in [9.17, 15) is 4.39 Å². The first-order valence-electron chi connectivity index (χ1n) is 8.01. The largest absolute Gasteiger partial charge is 0.378 e. The fourth-order valence-corrected chi connectivity index (χ4v) is 3.28. The first kappa shape index (κ1) is 16.9. The fraction of sp³-hybridized carbons (Fsp3) is 0.647. The normalized spacial score (nSPS) is 19.9. The summed E-state index contributed by atoms with van der Waals surface area (Å²) in [5, 5.41) is 3.48. The summed E-state index contributed by atoms with van der Waals surface area (Å²) in [5.41, 5.74) is 0.769. The van der Waals surface area contributed by atoms with Gasteiger partial charge in [-0.15, -0.1) is 0 Å². The fourth-order valence-electron chi connectivity index (χ4n) is 2.90. The number of halogens is 2. The van der Waals surface area contributed by atoms with Crippen molar-refractivity contribution in [1.29, 1.82) is 0 Å². The molecule has 2 atom stereocenters. The highest BCUT2D eigenvalue weighted by atomic mass is 79.9. The maximum atomic E-state index is 14.3. The van der Waals surface area contributed by atoms with E-state index in [0.29, 0.717) is 10.6 Å². The first-order valence-corrected chi connectivity index (χ1v) is 8.80. The van der Waals surface area contributed by atoms with Gasteiger partial charge in [0, 0.05) is 18.2 Å². The predicted molar refractivity (Wildman–Crippen MR) is 88.0 cm³/mol. The van der Waals surface area contributed by atoms with Crippen LogP contribution in [0.25, 0.3) is 0 Å². The third-order valence-corrected chi connectivity index (χ3v) is 4.65. The third kappa shape index (κ3) is 5.04. The first-order chi connectivity index (χ1) is 10.2. The molecular formula is C17H25BrFNO. The lowest BCUT2D eigenvalue weighted by molar-refractivity contribution is 0.101. The van der Waals surface area contributed by atoms with Crippen molar-refractivity contribution in [3.8, 4) is 0 Å².